The number of carbonyl (C=O) groups is 2. The summed E-state index contributed by atoms with van der Waals surface area (Å²) >= 11 is 0. The minimum Gasteiger partial charge on any atom is -0.383 e. The number of imidazole rings is 1. The second kappa shape index (κ2) is 8.61. The van der Waals surface area contributed by atoms with E-state index in [1.807, 2.05) is 0 Å². The molecule has 0 aliphatic carbocycles. The molecule has 34 heavy (non-hydrogen) atoms. The number of alkyl halides is 3. The van der Waals surface area contributed by atoms with Crippen LogP contribution in [0, 0.1) is 0 Å². The smallest absolute Gasteiger partial charge is 0.383 e. The number of hydrogen-bond acceptors (Lipinski definition) is 5. The van der Waals surface area contributed by atoms with Gasteiger partial charge in [0.1, 0.15) is 12.1 Å². The third-order valence-electron chi connectivity index (χ3n) is 4.76. The van der Waals surface area contributed by atoms with E-state index in [1.54, 1.807) is 30.3 Å². The van der Waals surface area contributed by atoms with E-state index < -0.39 is 23.7 Å². The molecule has 2 aromatic heterocycles. The van der Waals surface area contributed by atoms with Gasteiger partial charge >= 0.3 is 12.2 Å². The Morgan fingerprint density at radius 2 is 1.76 bits per heavy atom. The van der Waals surface area contributed by atoms with Crippen molar-refractivity contribution in [1.29, 1.82) is 0 Å². The van der Waals surface area contributed by atoms with Gasteiger partial charge in [0.25, 0.3) is 5.91 Å². The fourth-order valence-corrected chi connectivity index (χ4v) is 3.17. The number of nitrogens with two attached hydrogens (primary N) is 2. The van der Waals surface area contributed by atoms with Crippen LogP contribution < -0.4 is 22.1 Å². The van der Waals surface area contributed by atoms with E-state index in [4.69, 9.17) is 11.5 Å². The van der Waals surface area contributed by atoms with Gasteiger partial charge in [-0.15, -0.1) is 0 Å². The van der Waals surface area contributed by atoms with Crippen molar-refractivity contribution in [1.82, 2.24) is 19.3 Å². The number of carbonyl (C=O) groups excluding carboxylic acids is 2. The Hall–Kier alpha value is -4.81. The molecule has 10 nitrogen and oxygen atoms in total. The Morgan fingerprint density at radius 3 is 2.35 bits per heavy atom. The Balaban J connectivity index is 1.53. The largest absolute Gasteiger partial charge is 0.416 e. The minimum absolute atomic E-state index is 0.0571. The molecule has 0 bridgehead atoms. The van der Waals surface area contributed by atoms with Gasteiger partial charge < -0.3 is 22.1 Å². The second-order valence-corrected chi connectivity index (χ2v) is 7.02. The van der Waals surface area contributed by atoms with Crippen LogP contribution in [0.3, 0.4) is 0 Å². The number of rotatable bonds is 5. The SMILES string of the molecule is NC(=O)c1ncn(-c2ccc(NC(=O)Nc3cc(C(F)(F)F)ccc3-n3cccn3)cc2)c1N. The molecule has 6 N–H and O–H groups in total. The number of aromatic nitrogens is 4. The maximum atomic E-state index is 13.2. The zero-order valence-corrected chi connectivity index (χ0v) is 17.2. The molecule has 13 heteroatoms. The summed E-state index contributed by atoms with van der Waals surface area (Å²) in [5, 5.41) is 8.99. The summed E-state index contributed by atoms with van der Waals surface area (Å²) in [5.74, 6) is -0.711. The molecule has 2 aromatic carbocycles. The van der Waals surface area contributed by atoms with E-state index in [-0.39, 0.29) is 22.9 Å². The lowest BCUT2D eigenvalue weighted by atomic mass is 10.1. The van der Waals surface area contributed by atoms with Gasteiger partial charge in [0, 0.05) is 23.8 Å². The maximum Gasteiger partial charge on any atom is 0.416 e. The highest BCUT2D eigenvalue weighted by molar-refractivity contribution is 6.01. The number of hydrogen-bond donors (Lipinski definition) is 4. The number of benzene rings is 2. The molecule has 0 fully saturated rings. The molecule has 174 valence electrons. The van der Waals surface area contributed by atoms with Crippen molar-refractivity contribution in [3.05, 3.63) is 78.5 Å². The van der Waals surface area contributed by atoms with Gasteiger partial charge in [-0.1, -0.05) is 0 Å². The van der Waals surface area contributed by atoms with Gasteiger partial charge in [-0.2, -0.15) is 18.3 Å². The summed E-state index contributed by atoms with van der Waals surface area (Å²) in [4.78, 5) is 27.7. The van der Waals surface area contributed by atoms with Gasteiger partial charge in [0.15, 0.2) is 5.69 Å². The summed E-state index contributed by atoms with van der Waals surface area (Å²) in [6, 6.07) is 10.1. The Morgan fingerprint density at radius 1 is 1.03 bits per heavy atom. The first-order valence-electron chi connectivity index (χ1n) is 9.66. The third-order valence-corrected chi connectivity index (χ3v) is 4.76. The van der Waals surface area contributed by atoms with Crippen LogP contribution in [0.1, 0.15) is 16.1 Å². The first-order chi connectivity index (χ1) is 16.1. The van der Waals surface area contributed by atoms with Crippen LogP contribution in [0.15, 0.2) is 67.3 Å². The van der Waals surface area contributed by atoms with Crippen LogP contribution in [0.5, 0.6) is 0 Å². The van der Waals surface area contributed by atoms with Gasteiger partial charge in [-0.3, -0.25) is 9.36 Å². The van der Waals surface area contributed by atoms with Crippen LogP contribution in [0.25, 0.3) is 11.4 Å². The van der Waals surface area contributed by atoms with Gasteiger partial charge in [0.05, 0.1) is 16.9 Å². The summed E-state index contributed by atoms with van der Waals surface area (Å²) in [7, 11) is 0. The van der Waals surface area contributed by atoms with Crippen molar-refractivity contribution in [2.75, 3.05) is 16.4 Å². The molecule has 0 spiro atoms. The number of nitrogens with zero attached hydrogens (tertiary/aromatic N) is 4. The predicted octanol–water partition coefficient (Wildman–Crippen LogP) is 3.40. The molecule has 0 atom stereocenters. The Labute approximate surface area is 190 Å². The van der Waals surface area contributed by atoms with E-state index in [1.165, 1.54) is 34.0 Å². The van der Waals surface area contributed by atoms with E-state index in [0.29, 0.717) is 11.4 Å². The predicted molar refractivity (Wildman–Crippen MR) is 118 cm³/mol. The van der Waals surface area contributed by atoms with Crippen LogP contribution in [-0.2, 0) is 6.18 Å². The Bertz CT molecular complexity index is 1350. The molecule has 3 amide bonds. The molecule has 4 rings (SSSR count). The number of amides is 3. The minimum atomic E-state index is -4.59. The third kappa shape index (κ3) is 4.53. The highest BCUT2D eigenvalue weighted by Gasteiger charge is 2.31. The van der Waals surface area contributed by atoms with Gasteiger partial charge in [-0.25, -0.2) is 14.5 Å². The standard InChI is InChI=1S/C21H17F3N8O2/c22-21(23,24)12-2-7-16(32-9-1-8-28-32)15(10-12)30-20(34)29-13-3-5-14(6-4-13)31-11-27-17(18(31)25)19(26)33/h1-11H,25H2,(H2,26,33)(H2,29,30,34). The van der Waals surface area contributed by atoms with Crippen molar-refractivity contribution < 1.29 is 22.8 Å². The molecular weight excluding hydrogens is 453 g/mol. The fraction of sp³-hybridized carbons (Fsp3) is 0.0476. The van der Waals surface area contributed by atoms with Crippen molar-refractivity contribution in [2.45, 2.75) is 6.18 Å². The van der Waals surface area contributed by atoms with Crippen LogP contribution >= 0.6 is 0 Å². The highest BCUT2D eigenvalue weighted by Crippen LogP contribution is 2.33. The normalized spacial score (nSPS) is 11.3. The average molecular weight is 470 g/mol. The van der Waals surface area contributed by atoms with E-state index in [9.17, 15) is 22.8 Å². The van der Waals surface area contributed by atoms with Gasteiger partial charge in [0.2, 0.25) is 0 Å². The molecule has 0 aliphatic rings. The average Bonchev–Trinajstić information content (AvgIpc) is 3.44. The van der Waals surface area contributed by atoms with E-state index in [2.05, 4.69) is 20.7 Å². The number of nitrogen functional groups attached to an aromatic ring is 1. The number of halogens is 3. The lowest BCUT2D eigenvalue weighted by Crippen LogP contribution is -2.21. The first kappa shape index (κ1) is 22.4. The fourth-order valence-electron chi connectivity index (χ4n) is 3.17. The quantitative estimate of drug-likeness (QED) is 0.353. The van der Waals surface area contributed by atoms with Gasteiger partial charge in [-0.05, 0) is 48.5 Å². The first-order valence-corrected chi connectivity index (χ1v) is 9.66. The Kier molecular flexibility index (Phi) is 5.67. The molecule has 0 unspecified atom stereocenters. The van der Waals surface area contributed by atoms with Crippen molar-refractivity contribution in [3.63, 3.8) is 0 Å². The molecule has 0 saturated carbocycles. The van der Waals surface area contributed by atoms with E-state index in [0.717, 1.165) is 12.1 Å². The van der Waals surface area contributed by atoms with Crippen LogP contribution in [0.2, 0.25) is 0 Å². The van der Waals surface area contributed by atoms with Crippen LogP contribution in [-0.4, -0.2) is 31.3 Å². The molecule has 0 saturated heterocycles. The monoisotopic (exact) mass is 470 g/mol. The summed E-state index contributed by atoms with van der Waals surface area (Å²) in [6.07, 6.45) is -0.262. The zero-order valence-electron chi connectivity index (χ0n) is 17.2. The van der Waals surface area contributed by atoms with Crippen LogP contribution in [0.4, 0.5) is 35.2 Å². The molecule has 0 radical (unpaired) electrons. The molecule has 2 heterocycles. The molecular formula is C21H17F3N8O2. The maximum absolute atomic E-state index is 13.2. The zero-order chi connectivity index (χ0) is 24.5. The number of primary amides is 1. The topological polar surface area (TPSA) is 146 Å². The molecule has 0 aliphatic heterocycles. The lowest BCUT2D eigenvalue weighted by Gasteiger charge is -2.15. The number of urea groups is 1. The van der Waals surface area contributed by atoms with Crippen molar-refractivity contribution in [3.8, 4) is 11.4 Å². The number of anilines is 3. The summed E-state index contributed by atoms with van der Waals surface area (Å²) < 4.78 is 42.3. The van der Waals surface area contributed by atoms with Crippen molar-refractivity contribution >= 4 is 29.1 Å². The molecule has 4 aromatic rings. The summed E-state index contributed by atoms with van der Waals surface area (Å²) in [5.41, 5.74) is 11.1. The van der Waals surface area contributed by atoms with Crippen molar-refractivity contribution in [2.24, 2.45) is 5.73 Å². The lowest BCUT2D eigenvalue weighted by molar-refractivity contribution is -0.137. The summed E-state index contributed by atoms with van der Waals surface area (Å²) in [6.45, 7) is 0. The van der Waals surface area contributed by atoms with E-state index >= 15 is 0 Å². The second-order valence-electron chi connectivity index (χ2n) is 7.02. The highest BCUT2D eigenvalue weighted by atomic mass is 19.4. The number of nitrogens with one attached hydrogen (secondary N) is 2.